The first-order valence-electron chi connectivity index (χ1n) is 5.06. The molecule has 82 valence electrons. The summed E-state index contributed by atoms with van der Waals surface area (Å²) in [4.78, 5) is 11.7. The van der Waals surface area contributed by atoms with Crippen LogP contribution in [0.15, 0.2) is 18.2 Å². The number of halogens is 1. The van der Waals surface area contributed by atoms with Gasteiger partial charge in [-0.15, -0.1) is 0 Å². The molecule has 0 saturated heterocycles. The zero-order chi connectivity index (χ0) is 11.3. The highest BCUT2D eigenvalue weighted by Gasteiger charge is 2.07. The number of benzene rings is 1. The van der Waals surface area contributed by atoms with E-state index in [1.54, 1.807) is 0 Å². The summed E-state index contributed by atoms with van der Waals surface area (Å²) >= 11 is 3.33. The van der Waals surface area contributed by atoms with Crippen molar-refractivity contribution in [2.45, 2.75) is 20.3 Å². The third kappa shape index (κ3) is 3.67. The molecule has 0 aliphatic rings. The van der Waals surface area contributed by atoms with Gasteiger partial charge in [-0.1, -0.05) is 33.6 Å². The summed E-state index contributed by atoms with van der Waals surface area (Å²) in [5.74, 6) is 0.0217. The summed E-state index contributed by atoms with van der Waals surface area (Å²) in [6.07, 6.45) is 0.955. The van der Waals surface area contributed by atoms with Gasteiger partial charge in [-0.25, -0.2) is 0 Å². The van der Waals surface area contributed by atoms with Crippen LogP contribution in [-0.4, -0.2) is 17.8 Å². The van der Waals surface area contributed by atoms with E-state index in [1.165, 1.54) is 5.56 Å². The van der Waals surface area contributed by atoms with E-state index in [4.69, 9.17) is 0 Å². The SMILES string of the molecule is Cc1ccc(C(=O)NCCCBr)c(C)c1. The van der Waals surface area contributed by atoms with Crippen LogP contribution in [0.1, 0.15) is 27.9 Å². The number of rotatable bonds is 4. The highest BCUT2D eigenvalue weighted by molar-refractivity contribution is 9.09. The molecule has 1 amide bonds. The first kappa shape index (κ1) is 12.2. The minimum absolute atomic E-state index is 0.0217. The number of aryl methyl sites for hydroxylation is 2. The van der Waals surface area contributed by atoms with Crippen molar-refractivity contribution in [3.8, 4) is 0 Å². The standard InChI is InChI=1S/C12H16BrNO/c1-9-4-5-11(10(2)8-9)12(15)14-7-3-6-13/h4-5,8H,3,6-7H2,1-2H3,(H,14,15). The van der Waals surface area contributed by atoms with Crippen LogP contribution >= 0.6 is 15.9 Å². The van der Waals surface area contributed by atoms with E-state index in [0.717, 1.165) is 29.4 Å². The monoisotopic (exact) mass is 269 g/mol. The highest BCUT2D eigenvalue weighted by atomic mass is 79.9. The van der Waals surface area contributed by atoms with E-state index in [1.807, 2.05) is 32.0 Å². The smallest absolute Gasteiger partial charge is 0.251 e. The Morgan fingerprint density at radius 2 is 2.13 bits per heavy atom. The molecule has 0 saturated carbocycles. The summed E-state index contributed by atoms with van der Waals surface area (Å²) in [5.41, 5.74) is 2.99. The number of alkyl halides is 1. The molecule has 1 aromatic rings. The van der Waals surface area contributed by atoms with Crippen LogP contribution in [0.4, 0.5) is 0 Å². The normalized spacial score (nSPS) is 10.1. The molecule has 2 nitrogen and oxygen atoms in total. The van der Waals surface area contributed by atoms with Crippen LogP contribution in [0.5, 0.6) is 0 Å². The topological polar surface area (TPSA) is 29.1 Å². The van der Waals surface area contributed by atoms with Gasteiger partial charge in [0.1, 0.15) is 0 Å². The van der Waals surface area contributed by atoms with Crippen LogP contribution in [0.25, 0.3) is 0 Å². The first-order chi connectivity index (χ1) is 7.15. The number of hydrogen-bond acceptors (Lipinski definition) is 1. The molecule has 0 aliphatic heterocycles. The summed E-state index contributed by atoms with van der Waals surface area (Å²) in [7, 11) is 0. The second-order valence-electron chi connectivity index (χ2n) is 3.62. The maximum absolute atomic E-state index is 11.7. The van der Waals surface area contributed by atoms with Crippen molar-refractivity contribution in [3.05, 3.63) is 34.9 Å². The van der Waals surface area contributed by atoms with E-state index < -0.39 is 0 Å². The Hall–Kier alpha value is -0.830. The molecule has 0 radical (unpaired) electrons. The fraction of sp³-hybridized carbons (Fsp3) is 0.417. The van der Waals surface area contributed by atoms with E-state index in [2.05, 4.69) is 21.2 Å². The Bertz CT molecular complexity index is 349. The lowest BCUT2D eigenvalue weighted by atomic mass is 10.1. The van der Waals surface area contributed by atoms with Crippen LogP contribution in [-0.2, 0) is 0 Å². The molecular weight excluding hydrogens is 254 g/mol. The molecule has 0 bridgehead atoms. The Balaban J connectivity index is 2.65. The minimum Gasteiger partial charge on any atom is -0.352 e. The Labute approximate surface area is 99.2 Å². The predicted octanol–water partition coefficient (Wildman–Crippen LogP) is 2.82. The first-order valence-corrected chi connectivity index (χ1v) is 6.18. The average molecular weight is 270 g/mol. The molecular formula is C12H16BrNO. The molecule has 1 rings (SSSR count). The molecule has 0 spiro atoms. The maximum atomic E-state index is 11.7. The van der Waals surface area contributed by atoms with Gasteiger partial charge in [-0.2, -0.15) is 0 Å². The maximum Gasteiger partial charge on any atom is 0.251 e. The lowest BCUT2D eigenvalue weighted by Gasteiger charge is -2.07. The van der Waals surface area contributed by atoms with Crippen molar-refractivity contribution < 1.29 is 4.79 Å². The second-order valence-corrected chi connectivity index (χ2v) is 4.41. The van der Waals surface area contributed by atoms with Crippen molar-refractivity contribution in [3.63, 3.8) is 0 Å². The fourth-order valence-electron chi connectivity index (χ4n) is 1.43. The van der Waals surface area contributed by atoms with Gasteiger partial charge >= 0.3 is 0 Å². The molecule has 0 aromatic heterocycles. The van der Waals surface area contributed by atoms with E-state index >= 15 is 0 Å². The molecule has 3 heteroatoms. The number of carbonyl (C=O) groups excluding carboxylic acids is 1. The summed E-state index contributed by atoms with van der Waals surface area (Å²) in [6.45, 7) is 4.71. The minimum atomic E-state index is 0.0217. The van der Waals surface area contributed by atoms with Crippen LogP contribution < -0.4 is 5.32 Å². The zero-order valence-electron chi connectivity index (χ0n) is 9.14. The number of carbonyl (C=O) groups is 1. The van der Waals surface area contributed by atoms with Gasteiger partial charge in [0, 0.05) is 17.4 Å². The van der Waals surface area contributed by atoms with Gasteiger partial charge in [-0.05, 0) is 31.9 Å². The molecule has 0 heterocycles. The van der Waals surface area contributed by atoms with Gasteiger partial charge in [0.05, 0.1) is 0 Å². The number of amides is 1. The third-order valence-electron chi connectivity index (χ3n) is 2.22. The lowest BCUT2D eigenvalue weighted by Crippen LogP contribution is -2.25. The zero-order valence-corrected chi connectivity index (χ0v) is 10.7. The molecule has 1 aromatic carbocycles. The average Bonchev–Trinajstić information content (AvgIpc) is 2.17. The van der Waals surface area contributed by atoms with Crippen LogP contribution in [0.3, 0.4) is 0 Å². The Morgan fingerprint density at radius 1 is 1.40 bits per heavy atom. The predicted molar refractivity (Wildman–Crippen MR) is 66.7 cm³/mol. The van der Waals surface area contributed by atoms with Crippen molar-refractivity contribution in [1.29, 1.82) is 0 Å². The molecule has 0 unspecified atom stereocenters. The van der Waals surface area contributed by atoms with Crippen LogP contribution in [0, 0.1) is 13.8 Å². The fourth-order valence-corrected chi connectivity index (χ4v) is 1.71. The second kappa shape index (κ2) is 5.91. The van der Waals surface area contributed by atoms with Crippen molar-refractivity contribution in [2.75, 3.05) is 11.9 Å². The largest absolute Gasteiger partial charge is 0.352 e. The Morgan fingerprint density at radius 3 is 2.73 bits per heavy atom. The number of nitrogens with one attached hydrogen (secondary N) is 1. The third-order valence-corrected chi connectivity index (χ3v) is 2.78. The van der Waals surface area contributed by atoms with Gasteiger partial charge in [0.25, 0.3) is 5.91 Å². The van der Waals surface area contributed by atoms with Crippen LogP contribution in [0.2, 0.25) is 0 Å². The summed E-state index contributed by atoms with van der Waals surface area (Å²) in [5, 5.41) is 3.81. The van der Waals surface area contributed by atoms with Crippen molar-refractivity contribution in [2.24, 2.45) is 0 Å². The van der Waals surface area contributed by atoms with Crippen molar-refractivity contribution in [1.82, 2.24) is 5.32 Å². The molecule has 15 heavy (non-hydrogen) atoms. The Kier molecular flexibility index (Phi) is 4.82. The quantitative estimate of drug-likeness (QED) is 0.661. The van der Waals surface area contributed by atoms with Gasteiger partial charge in [0.2, 0.25) is 0 Å². The molecule has 0 aliphatic carbocycles. The van der Waals surface area contributed by atoms with Crippen molar-refractivity contribution >= 4 is 21.8 Å². The lowest BCUT2D eigenvalue weighted by molar-refractivity contribution is 0.0953. The van der Waals surface area contributed by atoms with Gasteiger partial charge in [0.15, 0.2) is 0 Å². The molecule has 1 N–H and O–H groups in total. The molecule has 0 atom stereocenters. The van der Waals surface area contributed by atoms with E-state index in [-0.39, 0.29) is 5.91 Å². The van der Waals surface area contributed by atoms with Gasteiger partial charge in [-0.3, -0.25) is 4.79 Å². The van der Waals surface area contributed by atoms with Gasteiger partial charge < -0.3 is 5.32 Å². The molecule has 0 fully saturated rings. The summed E-state index contributed by atoms with van der Waals surface area (Å²) < 4.78 is 0. The van der Waals surface area contributed by atoms with E-state index in [9.17, 15) is 4.79 Å². The summed E-state index contributed by atoms with van der Waals surface area (Å²) in [6, 6.07) is 5.87. The van der Waals surface area contributed by atoms with E-state index in [0.29, 0.717) is 0 Å². The number of hydrogen-bond donors (Lipinski definition) is 1. The highest BCUT2D eigenvalue weighted by Crippen LogP contribution is 2.10.